The van der Waals surface area contributed by atoms with E-state index >= 15 is 0 Å². The van der Waals surface area contributed by atoms with E-state index in [2.05, 4.69) is 117 Å². The van der Waals surface area contributed by atoms with E-state index < -0.39 is 52.0 Å². The number of alkyl halides is 4. The molecule has 4 saturated heterocycles. The maximum atomic E-state index is 13.2. The fourth-order valence-corrected chi connectivity index (χ4v) is 11.7. The van der Waals surface area contributed by atoms with Crippen molar-refractivity contribution in [3.63, 3.8) is 0 Å². The standard InChI is InChI=1S/C10H20BrO2P.C10H20ClO2P.C10H20FO2P.C10H20IO2P.CH4/c4*1-7-9(11)10(12)8(13-7)5-6-14(2,3)4;/h4*7-10,12H,2,5-6H2,1,3-4H3;1H4/t4*7-,8+,9-,10+;/m0000./s1. The smallest absolute Gasteiger partial charge is 0.154 e. The largest absolute Gasteiger partial charge is 0.389 e. The van der Waals surface area contributed by atoms with Crippen molar-refractivity contribution >= 4 is 103 Å². The molecule has 344 valence electrons. The van der Waals surface area contributed by atoms with Crippen molar-refractivity contribution in [1.82, 2.24) is 0 Å². The van der Waals surface area contributed by atoms with Gasteiger partial charge in [-0.3, -0.25) is 0 Å². The maximum Gasteiger partial charge on any atom is 0.154 e. The Hall–Kier alpha value is 2.31. The van der Waals surface area contributed by atoms with Crippen LogP contribution in [-0.2, 0) is 18.9 Å². The van der Waals surface area contributed by atoms with E-state index in [1.165, 1.54) is 0 Å². The van der Waals surface area contributed by atoms with Crippen LogP contribution in [-0.4, -0.2) is 217 Å². The number of aliphatic hydroxyl groups is 4. The van der Waals surface area contributed by atoms with E-state index in [9.17, 15) is 24.8 Å². The number of halogens is 4. The number of hydrogen-bond donors (Lipinski definition) is 4. The summed E-state index contributed by atoms with van der Waals surface area (Å²) in [6.45, 7) is 21.0. The first kappa shape index (κ1) is 59.3. The molecule has 57 heavy (non-hydrogen) atoms. The lowest BCUT2D eigenvalue weighted by atomic mass is 10.1. The topological polar surface area (TPSA) is 118 Å². The summed E-state index contributed by atoms with van der Waals surface area (Å²) in [7, 11) is 0. The van der Waals surface area contributed by atoms with Gasteiger partial charge in [0, 0.05) is 0 Å². The number of ether oxygens (including phenoxy) is 4. The van der Waals surface area contributed by atoms with Crippen LogP contribution in [0.15, 0.2) is 0 Å². The Morgan fingerprint density at radius 3 is 1.09 bits per heavy atom. The summed E-state index contributed by atoms with van der Waals surface area (Å²) in [5, 5.41) is 38.7. The van der Waals surface area contributed by atoms with Crippen LogP contribution in [0.2, 0.25) is 0 Å². The van der Waals surface area contributed by atoms with Crippen molar-refractivity contribution in [3.05, 3.63) is 0 Å². The van der Waals surface area contributed by atoms with Crippen LogP contribution in [0.5, 0.6) is 0 Å². The van der Waals surface area contributed by atoms with Gasteiger partial charge in [-0.2, -0.15) is 0 Å². The summed E-state index contributed by atoms with van der Waals surface area (Å²) in [5.41, 5.74) is 0. The van der Waals surface area contributed by atoms with Gasteiger partial charge in [-0.1, -0.05) is 45.9 Å². The van der Waals surface area contributed by atoms with Gasteiger partial charge in [-0.25, -0.2) is 4.39 Å². The van der Waals surface area contributed by atoms with Gasteiger partial charge in [0.2, 0.25) is 0 Å². The van der Waals surface area contributed by atoms with Gasteiger partial charge < -0.3 is 39.4 Å². The second-order valence-corrected chi connectivity index (χ2v) is 39.3. The molecule has 0 unspecified atom stereocenters. The third kappa shape index (κ3) is 22.7. The SMILES string of the molecule is C.C=P(C)(C)CC[C@H]1O[C@@H](C)[C@H](Br)[C@@H]1O.C=P(C)(C)CC[C@H]1O[C@@H](C)[C@H](Cl)[C@@H]1O.C=P(C)(C)CC[C@H]1O[C@@H](C)[C@H](F)[C@@H]1O.C=P(C)(C)CC[C@H]1O[C@@H](C)[C@H](I)[C@@H]1O. The highest BCUT2D eigenvalue weighted by molar-refractivity contribution is 14.1. The lowest BCUT2D eigenvalue weighted by Gasteiger charge is -2.18. The lowest BCUT2D eigenvalue weighted by Crippen LogP contribution is -2.28. The minimum atomic E-state index is -1.23. The molecule has 0 aromatic heterocycles. The number of hydrogen-bond acceptors (Lipinski definition) is 8. The Kier molecular flexibility index (Phi) is 26.8. The molecule has 4 aliphatic rings. The van der Waals surface area contributed by atoms with Crippen LogP contribution in [0, 0.1) is 0 Å². The van der Waals surface area contributed by atoms with E-state index in [1.54, 1.807) is 6.92 Å². The summed E-state index contributed by atoms with van der Waals surface area (Å²) < 4.78 is 35.8. The van der Waals surface area contributed by atoms with Gasteiger partial charge in [0.15, 0.2) is 6.17 Å². The first-order valence-electron chi connectivity index (χ1n) is 19.8. The zero-order chi connectivity index (χ0) is 43.7. The molecule has 0 radical (unpaired) electrons. The average Bonchev–Trinajstić information content (AvgIpc) is 3.66. The zero-order valence-corrected chi connectivity index (χ0v) is 44.5. The van der Waals surface area contributed by atoms with Gasteiger partial charge in [-0.15, -0.1) is 64.3 Å². The fraction of sp³-hybridized carbons (Fsp3) is 0.902. The second-order valence-electron chi connectivity index (χ2n) is 19.1. The zero-order valence-electron chi connectivity index (χ0n) is 36.4. The van der Waals surface area contributed by atoms with Crippen LogP contribution in [0.1, 0.15) is 60.8 Å². The summed E-state index contributed by atoms with van der Waals surface area (Å²) >= 11 is 11.7. The molecular formula is C41H84BrClFIO8P4. The fourth-order valence-electron chi connectivity index (χ4n) is 6.52. The van der Waals surface area contributed by atoms with Crippen LogP contribution in [0.3, 0.4) is 0 Å². The molecule has 0 aromatic rings. The monoisotopic (exact) mass is 1090 g/mol. The minimum absolute atomic E-state index is 0. The summed E-state index contributed by atoms with van der Waals surface area (Å²) in [5.74, 6) is 0. The van der Waals surface area contributed by atoms with E-state index in [0.717, 1.165) is 50.3 Å². The molecule has 16 atom stereocenters. The van der Waals surface area contributed by atoms with Crippen molar-refractivity contribution in [2.24, 2.45) is 0 Å². The molecule has 4 aliphatic heterocycles. The van der Waals surface area contributed by atoms with Gasteiger partial charge >= 0.3 is 0 Å². The molecule has 0 saturated carbocycles. The highest BCUT2D eigenvalue weighted by Gasteiger charge is 2.42. The quantitative estimate of drug-likeness (QED) is 0.0882. The predicted molar refractivity (Wildman–Crippen MR) is 275 cm³/mol. The van der Waals surface area contributed by atoms with Crippen LogP contribution < -0.4 is 0 Å². The van der Waals surface area contributed by atoms with E-state index in [1.807, 2.05) is 20.8 Å². The minimum Gasteiger partial charge on any atom is -0.389 e. The van der Waals surface area contributed by atoms with Gasteiger partial charge in [0.1, 0.15) is 6.10 Å². The summed E-state index contributed by atoms with van der Waals surface area (Å²) in [6, 6.07) is 0. The summed E-state index contributed by atoms with van der Waals surface area (Å²) in [4.78, 5) is 0.0822. The number of rotatable bonds is 12. The molecule has 0 spiro atoms. The van der Waals surface area contributed by atoms with Crippen LogP contribution >= 0.6 is 77.7 Å². The van der Waals surface area contributed by atoms with Crippen molar-refractivity contribution < 1.29 is 43.8 Å². The maximum absolute atomic E-state index is 13.2. The van der Waals surface area contributed by atoms with Crippen molar-refractivity contribution in [1.29, 1.82) is 0 Å². The van der Waals surface area contributed by atoms with Crippen LogP contribution in [0.25, 0.3) is 0 Å². The lowest BCUT2D eigenvalue weighted by molar-refractivity contribution is 0.0150. The van der Waals surface area contributed by atoms with Crippen molar-refractivity contribution in [2.45, 2.75) is 154 Å². The van der Waals surface area contributed by atoms with Gasteiger partial charge in [0.25, 0.3) is 0 Å². The normalized spacial score (nSPS) is 38.2. The number of aliphatic hydroxyl groups excluding tert-OH is 4. The Morgan fingerprint density at radius 2 is 0.842 bits per heavy atom. The third-order valence-corrected chi connectivity index (χ3v) is 19.8. The van der Waals surface area contributed by atoms with Gasteiger partial charge in [0.05, 0.1) is 81.3 Å². The molecule has 4 fully saturated rings. The molecule has 8 nitrogen and oxygen atoms in total. The third-order valence-electron chi connectivity index (χ3n) is 10.3. The first-order chi connectivity index (χ1) is 25.2. The molecule has 0 aliphatic carbocycles. The molecule has 4 rings (SSSR count). The van der Waals surface area contributed by atoms with Crippen LogP contribution in [0.4, 0.5) is 4.39 Å². The Balaban J connectivity index is 0.000000729. The molecule has 0 amide bonds. The highest BCUT2D eigenvalue weighted by Crippen LogP contribution is 2.41. The first-order valence-corrected chi connectivity index (χ1v) is 34.7. The van der Waals surface area contributed by atoms with Crippen molar-refractivity contribution in [2.75, 3.05) is 78.0 Å². The van der Waals surface area contributed by atoms with E-state index in [-0.39, 0.29) is 76.5 Å². The van der Waals surface area contributed by atoms with E-state index in [4.69, 9.17) is 30.5 Å². The molecule has 16 heteroatoms. The Bertz CT molecular complexity index is 1160. The molecule has 0 bridgehead atoms. The molecular weight excluding hydrogens is 1010 g/mol. The summed E-state index contributed by atoms with van der Waals surface area (Å²) in [6.07, 6.45) is 20.2. The molecule has 4 N–H and O–H groups in total. The molecule has 4 heterocycles. The van der Waals surface area contributed by atoms with E-state index in [0.29, 0.717) is 0 Å². The molecule has 0 aromatic carbocycles. The average molecular weight is 1090 g/mol. The predicted octanol–water partition coefficient (Wildman–Crippen LogP) is 8.08. The Morgan fingerprint density at radius 1 is 0.544 bits per heavy atom. The highest BCUT2D eigenvalue weighted by atomic mass is 127. The second kappa shape index (κ2) is 25.7. The Labute approximate surface area is 376 Å². The van der Waals surface area contributed by atoms with Gasteiger partial charge in [-0.05, 0) is 131 Å². The van der Waals surface area contributed by atoms with Crippen molar-refractivity contribution in [3.8, 4) is 0 Å².